The van der Waals surface area contributed by atoms with Gasteiger partial charge in [-0.05, 0) is 12.8 Å². The van der Waals surface area contributed by atoms with Crippen molar-refractivity contribution in [3.8, 4) is 0 Å². The average Bonchev–Trinajstić information content (AvgIpc) is 2.97. The highest BCUT2D eigenvalue weighted by molar-refractivity contribution is 7.99. The molecule has 0 bridgehead atoms. The third-order valence-electron chi connectivity index (χ3n) is 2.36. The van der Waals surface area contributed by atoms with E-state index in [0.717, 1.165) is 18.0 Å². The maximum Gasteiger partial charge on any atom is 0.323 e. The molecule has 1 aromatic rings. The molecule has 0 radical (unpaired) electrons. The van der Waals surface area contributed by atoms with Crippen LogP contribution in [-0.4, -0.2) is 40.9 Å². The zero-order chi connectivity index (χ0) is 11.4. The molecule has 2 N–H and O–H groups in total. The first-order valence-corrected chi connectivity index (χ1v) is 6.24. The van der Waals surface area contributed by atoms with Crippen LogP contribution in [0.2, 0.25) is 0 Å². The number of nitrogens with zero attached hydrogens (tertiary/aromatic N) is 1. The van der Waals surface area contributed by atoms with Crippen molar-refractivity contribution in [2.75, 3.05) is 12.9 Å². The molecule has 0 aliphatic heterocycles. The van der Waals surface area contributed by atoms with Gasteiger partial charge in [0.15, 0.2) is 5.16 Å². The summed E-state index contributed by atoms with van der Waals surface area (Å²) in [6.07, 6.45) is 5.77. The maximum atomic E-state index is 11.5. The van der Waals surface area contributed by atoms with Crippen molar-refractivity contribution in [1.82, 2.24) is 15.3 Å². The number of ether oxygens (including phenoxy) is 1. The number of rotatable bonds is 6. The van der Waals surface area contributed by atoms with Crippen molar-refractivity contribution in [3.05, 3.63) is 12.4 Å². The van der Waals surface area contributed by atoms with E-state index in [4.69, 9.17) is 4.74 Å². The Bertz CT molecular complexity index is 338. The van der Waals surface area contributed by atoms with Gasteiger partial charge in [-0.2, -0.15) is 0 Å². The Morgan fingerprint density at radius 2 is 2.62 bits per heavy atom. The highest BCUT2D eigenvalue weighted by Gasteiger charge is 2.29. The molecule has 1 aromatic heterocycles. The number of hydrogen-bond acceptors (Lipinski definition) is 5. The van der Waals surface area contributed by atoms with E-state index in [-0.39, 0.29) is 12.0 Å². The van der Waals surface area contributed by atoms with Crippen LogP contribution in [0.3, 0.4) is 0 Å². The second-order valence-electron chi connectivity index (χ2n) is 3.72. The normalized spacial score (nSPS) is 17.1. The number of carbonyl (C=O) groups excluding carboxylic acids is 1. The molecule has 1 saturated carbocycles. The fourth-order valence-electron chi connectivity index (χ4n) is 1.35. The molecule has 6 heteroatoms. The Morgan fingerprint density at radius 1 is 1.81 bits per heavy atom. The van der Waals surface area contributed by atoms with Gasteiger partial charge in [0.05, 0.1) is 7.11 Å². The Morgan fingerprint density at radius 3 is 3.19 bits per heavy atom. The summed E-state index contributed by atoms with van der Waals surface area (Å²) in [5.74, 6) is 0.433. The van der Waals surface area contributed by atoms with Crippen molar-refractivity contribution in [1.29, 1.82) is 0 Å². The van der Waals surface area contributed by atoms with Gasteiger partial charge in [0.2, 0.25) is 0 Å². The van der Waals surface area contributed by atoms with Gasteiger partial charge in [0.1, 0.15) is 6.04 Å². The van der Waals surface area contributed by atoms with Gasteiger partial charge < -0.3 is 15.0 Å². The summed E-state index contributed by atoms with van der Waals surface area (Å²) in [5.41, 5.74) is 0. The Balaban J connectivity index is 1.83. The number of carbonyl (C=O) groups is 1. The van der Waals surface area contributed by atoms with E-state index < -0.39 is 0 Å². The van der Waals surface area contributed by atoms with E-state index in [2.05, 4.69) is 15.3 Å². The van der Waals surface area contributed by atoms with Gasteiger partial charge in [0.25, 0.3) is 0 Å². The van der Waals surface area contributed by atoms with Gasteiger partial charge in [-0.1, -0.05) is 11.8 Å². The molecule has 1 unspecified atom stereocenters. The van der Waals surface area contributed by atoms with Crippen LogP contribution in [0.5, 0.6) is 0 Å². The van der Waals surface area contributed by atoms with Crippen LogP contribution in [0.25, 0.3) is 0 Å². The molecule has 1 heterocycles. The summed E-state index contributed by atoms with van der Waals surface area (Å²) in [6, 6.07) is 0.244. The number of aromatic nitrogens is 2. The summed E-state index contributed by atoms with van der Waals surface area (Å²) < 4.78 is 4.77. The predicted molar refractivity (Wildman–Crippen MR) is 61.3 cm³/mol. The van der Waals surface area contributed by atoms with Gasteiger partial charge in [-0.15, -0.1) is 0 Å². The molecule has 1 atom stereocenters. The second-order valence-corrected chi connectivity index (χ2v) is 4.73. The summed E-state index contributed by atoms with van der Waals surface area (Å²) in [5, 5.41) is 4.09. The number of nitrogens with one attached hydrogen (secondary N) is 2. The Kier molecular flexibility index (Phi) is 3.84. The Labute approximate surface area is 98.4 Å². The third-order valence-corrected chi connectivity index (χ3v) is 3.36. The SMILES string of the molecule is COC(=O)C(CSc1ncc[nH]1)NC1CC1. The van der Waals surface area contributed by atoms with Gasteiger partial charge in [-0.25, -0.2) is 4.98 Å². The molecule has 88 valence electrons. The molecular formula is C10H15N3O2S. The molecule has 0 amide bonds. The molecule has 1 aliphatic carbocycles. The lowest BCUT2D eigenvalue weighted by Gasteiger charge is -2.14. The number of thioether (sulfide) groups is 1. The van der Waals surface area contributed by atoms with E-state index in [1.165, 1.54) is 18.9 Å². The lowest BCUT2D eigenvalue weighted by molar-refractivity contribution is -0.142. The standard InChI is InChI=1S/C10H15N3O2S/c1-15-9(14)8(13-7-2-3-7)6-16-10-11-4-5-12-10/h4-5,7-8,13H,2-3,6H2,1H3,(H,11,12). The molecule has 2 rings (SSSR count). The number of aromatic amines is 1. The van der Waals surface area contributed by atoms with Crippen LogP contribution in [0.15, 0.2) is 17.6 Å². The number of hydrogen-bond donors (Lipinski definition) is 2. The molecule has 0 spiro atoms. The molecular weight excluding hydrogens is 226 g/mol. The molecule has 1 fully saturated rings. The number of H-pyrrole nitrogens is 1. The predicted octanol–water partition coefficient (Wildman–Crippen LogP) is 0.795. The third kappa shape index (κ3) is 3.24. The summed E-state index contributed by atoms with van der Waals surface area (Å²) in [6.45, 7) is 0. The number of imidazole rings is 1. The second kappa shape index (κ2) is 5.36. The minimum atomic E-state index is -0.243. The zero-order valence-electron chi connectivity index (χ0n) is 9.10. The molecule has 1 aliphatic rings. The minimum absolute atomic E-state index is 0.203. The van der Waals surface area contributed by atoms with Crippen LogP contribution in [0, 0.1) is 0 Å². The fraction of sp³-hybridized carbons (Fsp3) is 0.600. The Hall–Kier alpha value is -1.01. The van der Waals surface area contributed by atoms with E-state index in [9.17, 15) is 4.79 Å². The van der Waals surface area contributed by atoms with Crippen molar-refractivity contribution in [3.63, 3.8) is 0 Å². The van der Waals surface area contributed by atoms with E-state index in [1.54, 1.807) is 12.4 Å². The summed E-state index contributed by atoms with van der Waals surface area (Å²) in [7, 11) is 1.42. The first-order valence-electron chi connectivity index (χ1n) is 5.25. The van der Waals surface area contributed by atoms with Crippen LogP contribution < -0.4 is 5.32 Å². The monoisotopic (exact) mass is 241 g/mol. The number of methoxy groups -OCH3 is 1. The van der Waals surface area contributed by atoms with Crippen molar-refractivity contribution in [2.45, 2.75) is 30.1 Å². The van der Waals surface area contributed by atoms with Gasteiger partial charge >= 0.3 is 5.97 Å². The van der Waals surface area contributed by atoms with Crippen LogP contribution in [0.4, 0.5) is 0 Å². The topological polar surface area (TPSA) is 67.0 Å². The molecule has 16 heavy (non-hydrogen) atoms. The van der Waals surface area contributed by atoms with Crippen LogP contribution in [-0.2, 0) is 9.53 Å². The average molecular weight is 241 g/mol. The van der Waals surface area contributed by atoms with Crippen LogP contribution in [0.1, 0.15) is 12.8 Å². The van der Waals surface area contributed by atoms with Crippen LogP contribution >= 0.6 is 11.8 Å². The van der Waals surface area contributed by atoms with Crippen molar-refractivity contribution < 1.29 is 9.53 Å². The maximum absolute atomic E-state index is 11.5. The van der Waals surface area contributed by atoms with E-state index >= 15 is 0 Å². The molecule has 0 saturated heterocycles. The molecule has 0 aromatic carbocycles. The van der Waals surface area contributed by atoms with E-state index in [1.807, 2.05) is 0 Å². The van der Waals surface area contributed by atoms with Gasteiger partial charge in [0, 0.05) is 24.2 Å². The smallest absolute Gasteiger partial charge is 0.323 e. The van der Waals surface area contributed by atoms with Crippen molar-refractivity contribution >= 4 is 17.7 Å². The minimum Gasteiger partial charge on any atom is -0.468 e. The summed E-state index contributed by atoms with van der Waals surface area (Å²) >= 11 is 1.52. The largest absolute Gasteiger partial charge is 0.468 e. The summed E-state index contributed by atoms with van der Waals surface area (Å²) in [4.78, 5) is 18.6. The number of esters is 1. The molecule has 5 nitrogen and oxygen atoms in total. The first-order chi connectivity index (χ1) is 7.79. The zero-order valence-corrected chi connectivity index (χ0v) is 9.92. The van der Waals surface area contributed by atoms with Crippen molar-refractivity contribution in [2.24, 2.45) is 0 Å². The quantitative estimate of drug-likeness (QED) is 0.569. The highest BCUT2D eigenvalue weighted by Crippen LogP contribution is 2.21. The first kappa shape index (κ1) is 11.5. The fourth-order valence-corrected chi connectivity index (χ4v) is 2.20. The van der Waals surface area contributed by atoms with E-state index in [0.29, 0.717) is 11.8 Å². The van der Waals surface area contributed by atoms with Gasteiger partial charge in [-0.3, -0.25) is 4.79 Å². The lowest BCUT2D eigenvalue weighted by Crippen LogP contribution is -2.41. The highest BCUT2D eigenvalue weighted by atomic mass is 32.2. The lowest BCUT2D eigenvalue weighted by atomic mass is 10.3.